The van der Waals surface area contributed by atoms with Gasteiger partial charge in [0.05, 0.1) is 5.69 Å². The number of piperazine rings is 1. The molecule has 0 bridgehead atoms. The van der Waals surface area contributed by atoms with Gasteiger partial charge in [-0.3, -0.25) is 4.90 Å². The number of nitrogens with one attached hydrogen (secondary N) is 1. The minimum atomic E-state index is 0.658. The summed E-state index contributed by atoms with van der Waals surface area (Å²) in [5.74, 6) is 0. The Morgan fingerprint density at radius 1 is 1.24 bits per heavy atom. The van der Waals surface area contributed by atoms with E-state index >= 15 is 0 Å². The van der Waals surface area contributed by atoms with Crippen LogP contribution in [-0.2, 0) is 13.0 Å². The molecule has 112 valence electrons. The number of aromatic nitrogens is 1. The van der Waals surface area contributed by atoms with Crippen LogP contribution in [0, 0.1) is 0 Å². The van der Waals surface area contributed by atoms with Crippen molar-refractivity contribution < 1.29 is 0 Å². The van der Waals surface area contributed by atoms with Crippen molar-refractivity contribution in [2.45, 2.75) is 13.0 Å². The van der Waals surface area contributed by atoms with Crippen LogP contribution in [0.5, 0.6) is 0 Å². The molecule has 0 atom stereocenters. The van der Waals surface area contributed by atoms with Crippen LogP contribution < -0.4 is 11.1 Å². The Balaban J connectivity index is 1.80. The van der Waals surface area contributed by atoms with Crippen LogP contribution in [0.15, 0.2) is 29.6 Å². The molecule has 1 aliphatic heterocycles. The topological polar surface area (TPSA) is 54.2 Å². The van der Waals surface area contributed by atoms with E-state index in [0.29, 0.717) is 6.54 Å². The van der Waals surface area contributed by atoms with Gasteiger partial charge in [0.15, 0.2) is 0 Å². The molecule has 0 unspecified atom stereocenters. The van der Waals surface area contributed by atoms with E-state index in [1.54, 1.807) is 11.3 Å². The van der Waals surface area contributed by atoms with E-state index in [1.807, 2.05) is 0 Å². The summed E-state index contributed by atoms with van der Waals surface area (Å²) < 4.78 is 0. The quantitative estimate of drug-likeness (QED) is 0.883. The van der Waals surface area contributed by atoms with Gasteiger partial charge in [0.25, 0.3) is 0 Å². The zero-order chi connectivity index (χ0) is 14.5. The summed E-state index contributed by atoms with van der Waals surface area (Å²) in [5, 5.41) is 6.64. The van der Waals surface area contributed by atoms with E-state index in [1.165, 1.54) is 11.1 Å². The highest BCUT2D eigenvalue weighted by Gasteiger charge is 2.14. The second kappa shape index (κ2) is 7.13. The first-order chi connectivity index (χ1) is 10.4. The largest absolute Gasteiger partial charge is 0.330 e. The number of rotatable bonds is 5. The Labute approximate surface area is 130 Å². The SMILES string of the molecule is NCCc1csc(-c2ccccc2CN2CCNCC2)n1. The Morgan fingerprint density at radius 2 is 2.05 bits per heavy atom. The van der Waals surface area contributed by atoms with Crippen LogP contribution in [0.1, 0.15) is 11.3 Å². The first-order valence-electron chi connectivity index (χ1n) is 7.52. The summed E-state index contributed by atoms with van der Waals surface area (Å²) in [6, 6.07) is 8.62. The summed E-state index contributed by atoms with van der Waals surface area (Å²) in [6.45, 7) is 6.06. The molecule has 0 aliphatic carbocycles. The van der Waals surface area contributed by atoms with Gasteiger partial charge in [0.1, 0.15) is 5.01 Å². The van der Waals surface area contributed by atoms with Crippen LogP contribution in [-0.4, -0.2) is 42.6 Å². The lowest BCUT2D eigenvalue weighted by atomic mass is 10.1. The number of hydrogen-bond donors (Lipinski definition) is 2. The molecule has 1 saturated heterocycles. The summed E-state index contributed by atoms with van der Waals surface area (Å²) in [6.07, 6.45) is 0.858. The van der Waals surface area contributed by atoms with E-state index in [9.17, 15) is 0 Å². The summed E-state index contributed by atoms with van der Waals surface area (Å²) in [4.78, 5) is 7.24. The maximum atomic E-state index is 5.61. The van der Waals surface area contributed by atoms with Gasteiger partial charge >= 0.3 is 0 Å². The number of thiazole rings is 1. The Bertz CT molecular complexity index is 575. The molecule has 1 aromatic carbocycles. The van der Waals surface area contributed by atoms with Gasteiger partial charge < -0.3 is 11.1 Å². The van der Waals surface area contributed by atoms with E-state index in [-0.39, 0.29) is 0 Å². The molecule has 3 N–H and O–H groups in total. The molecule has 1 aliphatic rings. The number of nitrogens with two attached hydrogens (primary N) is 1. The number of nitrogens with zero attached hydrogens (tertiary/aromatic N) is 2. The van der Waals surface area contributed by atoms with Gasteiger partial charge in [-0.15, -0.1) is 11.3 Å². The molecule has 2 aromatic rings. The maximum absolute atomic E-state index is 5.61. The van der Waals surface area contributed by atoms with Crippen molar-refractivity contribution in [2.75, 3.05) is 32.7 Å². The van der Waals surface area contributed by atoms with Gasteiger partial charge in [-0.05, 0) is 12.1 Å². The number of benzene rings is 1. The smallest absolute Gasteiger partial charge is 0.123 e. The molecule has 1 aromatic heterocycles. The van der Waals surface area contributed by atoms with Crippen LogP contribution in [0.25, 0.3) is 10.6 Å². The van der Waals surface area contributed by atoms with Crippen molar-refractivity contribution >= 4 is 11.3 Å². The fraction of sp³-hybridized carbons (Fsp3) is 0.438. The molecule has 21 heavy (non-hydrogen) atoms. The van der Waals surface area contributed by atoms with E-state index < -0.39 is 0 Å². The monoisotopic (exact) mass is 302 g/mol. The highest BCUT2D eigenvalue weighted by atomic mass is 32.1. The van der Waals surface area contributed by atoms with Gasteiger partial charge in [-0.1, -0.05) is 24.3 Å². The normalized spacial score (nSPS) is 16.2. The third-order valence-corrected chi connectivity index (χ3v) is 4.73. The maximum Gasteiger partial charge on any atom is 0.123 e. The third kappa shape index (κ3) is 3.68. The Hall–Kier alpha value is -1.27. The molecular weight excluding hydrogens is 280 g/mol. The second-order valence-corrected chi connectivity index (χ2v) is 6.22. The molecule has 0 amide bonds. The molecule has 0 radical (unpaired) electrons. The molecule has 5 heteroatoms. The van der Waals surface area contributed by atoms with Crippen molar-refractivity contribution in [1.29, 1.82) is 0 Å². The minimum Gasteiger partial charge on any atom is -0.330 e. The highest BCUT2D eigenvalue weighted by molar-refractivity contribution is 7.13. The molecular formula is C16H22N4S. The average Bonchev–Trinajstić information content (AvgIpc) is 2.98. The first-order valence-corrected chi connectivity index (χ1v) is 8.40. The highest BCUT2D eigenvalue weighted by Crippen LogP contribution is 2.28. The molecule has 3 rings (SSSR count). The third-order valence-electron chi connectivity index (χ3n) is 3.80. The standard InChI is InChI=1S/C16H22N4S/c17-6-5-14-12-21-16(19-14)15-4-2-1-3-13(15)11-20-9-7-18-8-10-20/h1-4,12,18H,5-11,17H2. The molecule has 0 saturated carbocycles. The van der Waals surface area contributed by atoms with Crippen molar-refractivity contribution in [3.63, 3.8) is 0 Å². The predicted octanol–water partition coefficient (Wildman–Crippen LogP) is 1.72. The van der Waals surface area contributed by atoms with Crippen molar-refractivity contribution in [1.82, 2.24) is 15.2 Å². The summed E-state index contributed by atoms with van der Waals surface area (Å²) in [7, 11) is 0. The van der Waals surface area contributed by atoms with Crippen LogP contribution in [0.2, 0.25) is 0 Å². The molecule has 0 spiro atoms. The van der Waals surface area contributed by atoms with Crippen LogP contribution >= 0.6 is 11.3 Å². The fourth-order valence-corrected chi connectivity index (χ4v) is 3.58. The zero-order valence-electron chi connectivity index (χ0n) is 12.2. The lowest BCUT2D eigenvalue weighted by molar-refractivity contribution is 0.233. The van der Waals surface area contributed by atoms with Crippen LogP contribution in [0.4, 0.5) is 0 Å². The Morgan fingerprint density at radius 3 is 2.86 bits per heavy atom. The molecule has 4 nitrogen and oxygen atoms in total. The Kier molecular flexibility index (Phi) is 4.98. The van der Waals surface area contributed by atoms with E-state index in [2.05, 4.69) is 39.9 Å². The van der Waals surface area contributed by atoms with Gasteiger partial charge in [0.2, 0.25) is 0 Å². The van der Waals surface area contributed by atoms with Crippen molar-refractivity contribution in [2.24, 2.45) is 5.73 Å². The minimum absolute atomic E-state index is 0.658. The summed E-state index contributed by atoms with van der Waals surface area (Å²) >= 11 is 1.72. The zero-order valence-corrected chi connectivity index (χ0v) is 13.0. The first kappa shape index (κ1) is 14.7. The lowest BCUT2D eigenvalue weighted by Gasteiger charge is -2.27. The second-order valence-electron chi connectivity index (χ2n) is 5.37. The van der Waals surface area contributed by atoms with Crippen molar-refractivity contribution in [3.05, 3.63) is 40.9 Å². The van der Waals surface area contributed by atoms with Gasteiger partial charge in [-0.25, -0.2) is 4.98 Å². The van der Waals surface area contributed by atoms with Crippen LogP contribution in [0.3, 0.4) is 0 Å². The van der Waals surface area contributed by atoms with Gasteiger partial charge in [0, 0.05) is 50.1 Å². The lowest BCUT2D eigenvalue weighted by Crippen LogP contribution is -2.42. The van der Waals surface area contributed by atoms with E-state index in [0.717, 1.165) is 49.8 Å². The predicted molar refractivity (Wildman–Crippen MR) is 88.5 cm³/mol. The summed E-state index contributed by atoms with van der Waals surface area (Å²) in [5.41, 5.74) is 9.36. The molecule has 1 fully saturated rings. The number of hydrogen-bond acceptors (Lipinski definition) is 5. The fourth-order valence-electron chi connectivity index (χ4n) is 2.67. The average molecular weight is 302 g/mol. The van der Waals surface area contributed by atoms with E-state index in [4.69, 9.17) is 10.7 Å². The molecule has 2 heterocycles. The van der Waals surface area contributed by atoms with Crippen molar-refractivity contribution in [3.8, 4) is 10.6 Å². The van der Waals surface area contributed by atoms with Gasteiger partial charge in [-0.2, -0.15) is 0 Å².